The minimum Gasteiger partial charge on any atom is -0.342 e. The number of amides is 1. The Morgan fingerprint density at radius 2 is 1.64 bits per heavy atom. The van der Waals surface area contributed by atoms with Crippen LogP contribution >= 0.6 is 0 Å². The molecule has 3 rings (SSSR count). The SMILES string of the molecule is CN1CCC(C(=O)N2CCC(Cc3ccccc3)CC2)CC1. The van der Waals surface area contributed by atoms with Crippen molar-refractivity contribution in [3.63, 3.8) is 0 Å². The van der Waals surface area contributed by atoms with E-state index in [0.717, 1.165) is 64.2 Å². The Labute approximate surface area is 134 Å². The van der Waals surface area contributed by atoms with E-state index in [1.165, 1.54) is 5.56 Å². The standard InChI is InChI=1S/C19H28N2O/c1-20-11-9-18(10-12-20)19(22)21-13-7-17(8-14-21)15-16-5-3-2-4-6-16/h2-6,17-18H,7-15H2,1H3. The number of carbonyl (C=O) groups is 1. The zero-order chi connectivity index (χ0) is 15.4. The first-order valence-corrected chi connectivity index (χ1v) is 8.73. The molecule has 0 spiro atoms. The molecular formula is C19H28N2O. The topological polar surface area (TPSA) is 23.6 Å². The summed E-state index contributed by atoms with van der Waals surface area (Å²) in [6.45, 7) is 4.06. The second-order valence-electron chi connectivity index (χ2n) is 7.04. The van der Waals surface area contributed by atoms with Crippen LogP contribution in [0.2, 0.25) is 0 Å². The van der Waals surface area contributed by atoms with Gasteiger partial charge >= 0.3 is 0 Å². The summed E-state index contributed by atoms with van der Waals surface area (Å²) in [6.07, 6.45) is 5.57. The number of benzene rings is 1. The molecule has 0 unspecified atom stereocenters. The van der Waals surface area contributed by atoms with Crippen molar-refractivity contribution in [2.45, 2.75) is 32.1 Å². The molecule has 1 aromatic carbocycles. The van der Waals surface area contributed by atoms with Crippen LogP contribution in [0.1, 0.15) is 31.2 Å². The molecule has 0 aliphatic carbocycles. The van der Waals surface area contributed by atoms with Crippen LogP contribution in [0.3, 0.4) is 0 Å². The molecular weight excluding hydrogens is 272 g/mol. The lowest BCUT2D eigenvalue weighted by atomic mass is 9.88. The van der Waals surface area contributed by atoms with Crippen molar-refractivity contribution in [2.75, 3.05) is 33.2 Å². The average molecular weight is 300 g/mol. The van der Waals surface area contributed by atoms with Crippen molar-refractivity contribution in [1.29, 1.82) is 0 Å². The van der Waals surface area contributed by atoms with E-state index in [0.29, 0.717) is 5.91 Å². The number of piperidine rings is 2. The van der Waals surface area contributed by atoms with Gasteiger partial charge in [0.15, 0.2) is 0 Å². The Bertz CT molecular complexity index is 471. The molecule has 2 aliphatic heterocycles. The number of rotatable bonds is 3. The van der Waals surface area contributed by atoms with Gasteiger partial charge < -0.3 is 9.80 Å². The molecule has 3 nitrogen and oxygen atoms in total. The lowest BCUT2D eigenvalue weighted by Crippen LogP contribution is -2.45. The first-order valence-electron chi connectivity index (χ1n) is 8.73. The van der Waals surface area contributed by atoms with Gasteiger partial charge in [0, 0.05) is 19.0 Å². The fraction of sp³-hybridized carbons (Fsp3) is 0.632. The van der Waals surface area contributed by atoms with E-state index in [1.807, 2.05) is 0 Å². The third-order valence-corrected chi connectivity index (χ3v) is 5.36. The van der Waals surface area contributed by atoms with Crippen molar-refractivity contribution in [1.82, 2.24) is 9.80 Å². The lowest BCUT2D eigenvalue weighted by Gasteiger charge is -2.36. The molecule has 0 bridgehead atoms. The van der Waals surface area contributed by atoms with E-state index in [-0.39, 0.29) is 5.92 Å². The second kappa shape index (κ2) is 7.28. The number of likely N-dealkylation sites (tertiary alicyclic amines) is 2. The van der Waals surface area contributed by atoms with E-state index < -0.39 is 0 Å². The first kappa shape index (κ1) is 15.5. The number of carbonyl (C=O) groups excluding carboxylic acids is 1. The largest absolute Gasteiger partial charge is 0.342 e. The predicted octanol–water partition coefficient (Wildman–Crippen LogP) is 2.81. The third kappa shape index (κ3) is 3.89. The Kier molecular flexibility index (Phi) is 5.14. The van der Waals surface area contributed by atoms with Crippen molar-refractivity contribution in [3.05, 3.63) is 35.9 Å². The highest BCUT2D eigenvalue weighted by Crippen LogP contribution is 2.25. The molecule has 0 aromatic heterocycles. The van der Waals surface area contributed by atoms with Gasteiger partial charge in [0.05, 0.1) is 0 Å². The summed E-state index contributed by atoms with van der Waals surface area (Å²) in [5.41, 5.74) is 1.43. The van der Waals surface area contributed by atoms with Gasteiger partial charge in [-0.05, 0) is 63.7 Å². The van der Waals surface area contributed by atoms with Crippen LogP contribution in [0.4, 0.5) is 0 Å². The van der Waals surface area contributed by atoms with E-state index >= 15 is 0 Å². The highest BCUT2D eigenvalue weighted by Gasteiger charge is 2.30. The zero-order valence-corrected chi connectivity index (χ0v) is 13.7. The summed E-state index contributed by atoms with van der Waals surface area (Å²) >= 11 is 0. The summed E-state index contributed by atoms with van der Waals surface area (Å²) in [5.74, 6) is 1.44. The van der Waals surface area contributed by atoms with Crippen LogP contribution in [-0.4, -0.2) is 48.9 Å². The summed E-state index contributed by atoms with van der Waals surface area (Å²) < 4.78 is 0. The van der Waals surface area contributed by atoms with Gasteiger partial charge in [0.2, 0.25) is 5.91 Å². The smallest absolute Gasteiger partial charge is 0.225 e. The van der Waals surface area contributed by atoms with Crippen molar-refractivity contribution < 1.29 is 4.79 Å². The Morgan fingerprint density at radius 1 is 1.00 bits per heavy atom. The summed E-state index contributed by atoms with van der Waals surface area (Å²) in [5, 5.41) is 0. The quantitative estimate of drug-likeness (QED) is 0.857. The van der Waals surface area contributed by atoms with Crippen molar-refractivity contribution in [2.24, 2.45) is 11.8 Å². The molecule has 22 heavy (non-hydrogen) atoms. The number of hydrogen-bond donors (Lipinski definition) is 0. The van der Waals surface area contributed by atoms with Crippen molar-refractivity contribution >= 4 is 5.91 Å². The van der Waals surface area contributed by atoms with E-state index in [9.17, 15) is 4.79 Å². The molecule has 2 aliphatic rings. The molecule has 0 N–H and O–H groups in total. The first-order chi connectivity index (χ1) is 10.7. The third-order valence-electron chi connectivity index (χ3n) is 5.36. The van der Waals surface area contributed by atoms with Crippen LogP contribution in [0.5, 0.6) is 0 Å². The Hall–Kier alpha value is -1.35. The molecule has 0 saturated carbocycles. The maximum Gasteiger partial charge on any atom is 0.225 e. The van der Waals surface area contributed by atoms with Gasteiger partial charge in [-0.25, -0.2) is 0 Å². The van der Waals surface area contributed by atoms with Crippen LogP contribution < -0.4 is 0 Å². The average Bonchev–Trinajstić information content (AvgIpc) is 2.57. The fourth-order valence-electron chi connectivity index (χ4n) is 3.82. The predicted molar refractivity (Wildman–Crippen MR) is 89.7 cm³/mol. The monoisotopic (exact) mass is 300 g/mol. The molecule has 3 heteroatoms. The second-order valence-corrected chi connectivity index (χ2v) is 7.04. The maximum atomic E-state index is 12.6. The van der Waals surface area contributed by atoms with Gasteiger partial charge in [-0.2, -0.15) is 0 Å². The normalized spacial score (nSPS) is 22.0. The fourth-order valence-corrected chi connectivity index (χ4v) is 3.82. The lowest BCUT2D eigenvalue weighted by molar-refractivity contribution is -0.138. The molecule has 1 amide bonds. The summed E-state index contributed by atoms with van der Waals surface area (Å²) in [4.78, 5) is 17.1. The van der Waals surface area contributed by atoms with E-state index in [1.54, 1.807) is 0 Å². The van der Waals surface area contributed by atoms with Gasteiger partial charge in [-0.1, -0.05) is 30.3 Å². The van der Waals surface area contributed by atoms with E-state index in [4.69, 9.17) is 0 Å². The van der Waals surface area contributed by atoms with E-state index in [2.05, 4.69) is 47.2 Å². The zero-order valence-electron chi connectivity index (χ0n) is 13.7. The van der Waals surface area contributed by atoms with Crippen LogP contribution in [0, 0.1) is 11.8 Å². The van der Waals surface area contributed by atoms with Crippen molar-refractivity contribution in [3.8, 4) is 0 Å². The minimum atomic E-state index is 0.280. The summed E-state index contributed by atoms with van der Waals surface area (Å²) in [7, 11) is 2.15. The van der Waals surface area contributed by atoms with Gasteiger partial charge in [-0.3, -0.25) is 4.79 Å². The Balaban J connectivity index is 1.46. The maximum absolute atomic E-state index is 12.6. The molecule has 0 radical (unpaired) electrons. The van der Waals surface area contributed by atoms with Gasteiger partial charge in [-0.15, -0.1) is 0 Å². The van der Waals surface area contributed by atoms with Crippen LogP contribution in [0.25, 0.3) is 0 Å². The highest BCUT2D eigenvalue weighted by molar-refractivity contribution is 5.79. The molecule has 0 atom stereocenters. The molecule has 1 aromatic rings. The van der Waals surface area contributed by atoms with Crippen LogP contribution in [0.15, 0.2) is 30.3 Å². The molecule has 2 fully saturated rings. The minimum absolute atomic E-state index is 0.280. The number of hydrogen-bond acceptors (Lipinski definition) is 2. The molecule has 2 saturated heterocycles. The Morgan fingerprint density at radius 3 is 2.27 bits per heavy atom. The summed E-state index contributed by atoms with van der Waals surface area (Å²) in [6, 6.07) is 10.8. The van der Waals surface area contributed by atoms with Gasteiger partial charge in [0.25, 0.3) is 0 Å². The van der Waals surface area contributed by atoms with Gasteiger partial charge in [0.1, 0.15) is 0 Å². The highest BCUT2D eigenvalue weighted by atomic mass is 16.2. The molecule has 2 heterocycles. The molecule has 120 valence electrons. The number of nitrogens with zero attached hydrogens (tertiary/aromatic N) is 2. The van der Waals surface area contributed by atoms with Crippen LogP contribution in [-0.2, 0) is 11.2 Å².